The molecule has 0 bridgehead atoms. The average molecular weight is 507 g/mol. The summed E-state index contributed by atoms with van der Waals surface area (Å²) in [6.45, 7) is -0.406. The van der Waals surface area contributed by atoms with Crippen molar-refractivity contribution in [3.63, 3.8) is 0 Å². The molecule has 2 amide bonds. The largest absolute Gasteiger partial charge is 0.495 e. The summed E-state index contributed by atoms with van der Waals surface area (Å²) in [6, 6.07) is 19.6. The molecule has 10 heteroatoms. The summed E-state index contributed by atoms with van der Waals surface area (Å²) in [4.78, 5) is 26.3. The van der Waals surface area contributed by atoms with Crippen molar-refractivity contribution in [3.8, 4) is 23.0 Å². The smallest absolute Gasteiger partial charge is 0.277 e. The molecule has 0 aliphatic heterocycles. The van der Waals surface area contributed by atoms with Gasteiger partial charge >= 0.3 is 0 Å². The number of nitrogens with zero attached hydrogens (tertiary/aromatic N) is 2. The van der Waals surface area contributed by atoms with Gasteiger partial charge in [0.2, 0.25) is 0 Å². The van der Waals surface area contributed by atoms with E-state index in [1.807, 2.05) is 43.3 Å². The first-order valence-electron chi connectivity index (χ1n) is 11.4. The highest BCUT2D eigenvalue weighted by atomic mass is 16.5. The van der Waals surface area contributed by atoms with E-state index in [0.717, 1.165) is 5.69 Å². The van der Waals surface area contributed by atoms with Crippen LogP contribution in [0.2, 0.25) is 0 Å². The molecule has 0 fully saturated rings. The Morgan fingerprint density at radius 2 is 1.59 bits per heavy atom. The van der Waals surface area contributed by atoms with Crippen molar-refractivity contribution in [1.29, 1.82) is 0 Å². The fraction of sp³-hybridized carbons (Fsp3) is 0.222. The van der Waals surface area contributed by atoms with Gasteiger partial charge in [0, 0.05) is 25.8 Å². The lowest BCUT2D eigenvalue weighted by atomic mass is 10.2. The summed E-state index contributed by atoms with van der Waals surface area (Å²) in [7, 11) is 6.87. The highest BCUT2D eigenvalue weighted by Gasteiger charge is 2.11. The maximum absolute atomic E-state index is 12.3. The van der Waals surface area contributed by atoms with Gasteiger partial charge in [-0.1, -0.05) is 18.2 Å². The van der Waals surface area contributed by atoms with Gasteiger partial charge in [-0.25, -0.2) is 5.43 Å². The number of anilines is 2. The van der Waals surface area contributed by atoms with Crippen LogP contribution < -0.4 is 34.6 Å². The van der Waals surface area contributed by atoms with Crippen molar-refractivity contribution in [3.05, 3.63) is 72.3 Å². The Morgan fingerprint density at radius 1 is 0.838 bits per heavy atom. The summed E-state index contributed by atoms with van der Waals surface area (Å²) in [6.07, 6.45) is 1.46. The van der Waals surface area contributed by atoms with Crippen LogP contribution >= 0.6 is 0 Å². The Morgan fingerprint density at radius 3 is 2.35 bits per heavy atom. The fourth-order valence-corrected chi connectivity index (χ4v) is 3.17. The fourth-order valence-electron chi connectivity index (χ4n) is 3.17. The van der Waals surface area contributed by atoms with E-state index in [-0.39, 0.29) is 19.1 Å². The van der Waals surface area contributed by atoms with Gasteiger partial charge in [-0.2, -0.15) is 5.10 Å². The van der Waals surface area contributed by atoms with E-state index in [0.29, 0.717) is 34.2 Å². The van der Waals surface area contributed by atoms with Crippen LogP contribution in [0.5, 0.6) is 23.0 Å². The zero-order valence-corrected chi connectivity index (χ0v) is 21.2. The minimum atomic E-state index is -0.403. The molecule has 0 aliphatic rings. The highest BCUT2D eigenvalue weighted by molar-refractivity contribution is 5.93. The molecule has 0 aromatic heterocycles. The van der Waals surface area contributed by atoms with Crippen LogP contribution in [0.15, 0.2) is 71.8 Å². The molecule has 2 N–H and O–H groups in total. The lowest BCUT2D eigenvalue weighted by molar-refractivity contribution is -0.123. The lowest BCUT2D eigenvalue weighted by Crippen LogP contribution is -2.24. The van der Waals surface area contributed by atoms with Crippen molar-refractivity contribution in [1.82, 2.24) is 5.43 Å². The minimum absolute atomic E-state index is 0.179. The molecule has 0 saturated carbocycles. The highest BCUT2D eigenvalue weighted by Crippen LogP contribution is 2.28. The Bertz CT molecular complexity index is 1250. The Balaban J connectivity index is 1.50. The van der Waals surface area contributed by atoms with Gasteiger partial charge in [0.05, 0.1) is 26.1 Å². The predicted octanol–water partition coefficient (Wildman–Crippen LogP) is 3.32. The predicted molar refractivity (Wildman–Crippen MR) is 142 cm³/mol. The van der Waals surface area contributed by atoms with E-state index in [2.05, 4.69) is 15.8 Å². The third-order valence-electron chi connectivity index (χ3n) is 5.03. The maximum Gasteiger partial charge on any atom is 0.277 e. The van der Waals surface area contributed by atoms with Crippen molar-refractivity contribution >= 4 is 29.4 Å². The zero-order valence-electron chi connectivity index (χ0n) is 21.2. The SMILES string of the molecule is COc1ccccc1NC(=O)COc1ccc(/C=N/NC(=O)COc2cccc(N(C)C)c2)cc1OC. The van der Waals surface area contributed by atoms with E-state index in [4.69, 9.17) is 18.9 Å². The molecule has 3 rings (SSSR count). The Kier molecular flexibility index (Phi) is 9.72. The molecule has 0 aliphatic carbocycles. The third kappa shape index (κ3) is 8.17. The second kappa shape index (κ2) is 13.4. The van der Waals surface area contributed by atoms with Crippen molar-refractivity contribution in [2.75, 3.05) is 51.7 Å². The zero-order chi connectivity index (χ0) is 26.6. The molecule has 37 heavy (non-hydrogen) atoms. The van der Waals surface area contributed by atoms with E-state index in [1.54, 1.807) is 42.5 Å². The number of ether oxygens (including phenoxy) is 4. The van der Waals surface area contributed by atoms with E-state index < -0.39 is 5.91 Å². The molecule has 3 aromatic rings. The second-order valence-electron chi connectivity index (χ2n) is 7.92. The summed E-state index contributed by atoms with van der Waals surface area (Å²) < 4.78 is 21.7. The van der Waals surface area contributed by atoms with E-state index >= 15 is 0 Å². The van der Waals surface area contributed by atoms with Crippen LogP contribution in [0, 0.1) is 0 Å². The van der Waals surface area contributed by atoms with Gasteiger partial charge < -0.3 is 29.2 Å². The quantitative estimate of drug-likeness (QED) is 0.286. The van der Waals surface area contributed by atoms with Crippen molar-refractivity contribution in [2.24, 2.45) is 5.10 Å². The molecule has 194 valence electrons. The number of amides is 2. The minimum Gasteiger partial charge on any atom is -0.495 e. The van der Waals surface area contributed by atoms with Gasteiger partial charge in [-0.05, 0) is 48.0 Å². The lowest BCUT2D eigenvalue weighted by Gasteiger charge is -2.13. The standard InChI is InChI=1S/C27H30N4O6/c1-31(2)20-8-7-9-21(15-20)36-18-27(33)30-28-16-19-12-13-24(25(14-19)35-4)37-17-26(32)29-22-10-5-6-11-23(22)34-3/h5-16H,17-18H2,1-4H3,(H,29,32)(H,30,33)/b28-16+. The Labute approximate surface area is 215 Å². The van der Waals surface area contributed by atoms with E-state index in [1.165, 1.54) is 20.4 Å². The Hall–Kier alpha value is -4.73. The number of methoxy groups -OCH3 is 2. The van der Waals surface area contributed by atoms with Crippen LogP contribution in [0.3, 0.4) is 0 Å². The molecule has 0 heterocycles. The van der Waals surface area contributed by atoms with Gasteiger partial charge in [-0.15, -0.1) is 0 Å². The first-order chi connectivity index (χ1) is 17.9. The molecule has 0 radical (unpaired) electrons. The first kappa shape index (κ1) is 26.9. The summed E-state index contributed by atoms with van der Waals surface area (Å²) >= 11 is 0. The van der Waals surface area contributed by atoms with Crippen LogP contribution in [0.1, 0.15) is 5.56 Å². The van der Waals surface area contributed by atoms with Crippen LogP contribution in [-0.2, 0) is 9.59 Å². The number of carbonyl (C=O) groups is 2. The number of nitrogens with one attached hydrogen (secondary N) is 2. The molecule has 0 atom stereocenters. The monoisotopic (exact) mass is 506 g/mol. The van der Waals surface area contributed by atoms with Gasteiger partial charge in [0.1, 0.15) is 11.5 Å². The topological polar surface area (TPSA) is 111 Å². The molecule has 3 aromatic carbocycles. The van der Waals surface area contributed by atoms with Crippen LogP contribution in [0.4, 0.5) is 11.4 Å². The van der Waals surface area contributed by atoms with Crippen LogP contribution in [-0.4, -0.2) is 59.6 Å². The molecule has 0 spiro atoms. The maximum atomic E-state index is 12.3. The number of hydrogen-bond donors (Lipinski definition) is 2. The number of carbonyl (C=O) groups excluding carboxylic acids is 2. The van der Waals surface area contributed by atoms with E-state index in [9.17, 15) is 9.59 Å². The van der Waals surface area contributed by atoms with Crippen molar-refractivity contribution < 1.29 is 28.5 Å². The van der Waals surface area contributed by atoms with Crippen molar-refractivity contribution in [2.45, 2.75) is 0 Å². The summed E-state index contributed by atoms with van der Waals surface area (Å²) in [5.41, 5.74) is 4.59. The average Bonchev–Trinajstić information content (AvgIpc) is 2.91. The molecule has 0 unspecified atom stereocenters. The molecular formula is C27H30N4O6. The molecule has 0 saturated heterocycles. The van der Waals surface area contributed by atoms with Crippen LogP contribution in [0.25, 0.3) is 0 Å². The molecule has 10 nitrogen and oxygen atoms in total. The van der Waals surface area contributed by atoms with Gasteiger partial charge in [-0.3, -0.25) is 9.59 Å². The summed E-state index contributed by atoms with van der Waals surface area (Å²) in [5.74, 6) is 1.17. The van der Waals surface area contributed by atoms with Gasteiger partial charge in [0.25, 0.3) is 11.8 Å². The first-order valence-corrected chi connectivity index (χ1v) is 11.4. The number of benzene rings is 3. The normalized spacial score (nSPS) is 10.5. The number of rotatable bonds is 12. The van der Waals surface area contributed by atoms with Gasteiger partial charge in [0.15, 0.2) is 24.7 Å². The number of para-hydroxylation sites is 2. The summed E-state index contributed by atoms with van der Waals surface area (Å²) in [5, 5.41) is 6.70. The number of hydrogen-bond acceptors (Lipinski definition) is 8. The number of hydrazone groups is 1. The second-order valence-corrected chi connectivity index (χ2v) is 7.92. The third-order valence-corrected chi connectivity index (χ3v) is 5.03. The molecular weight excluding hydrogens is 476 g/mol.